The number of likely N-dealkylation sites (N-methyl/N-ethyl adjacent to an activating group) is 1. The summed E-state index contributed by atoms with van der Waals surface area (Å²) < 4.78 is 9.98. The number of benzene rings is 2. The smallest absolute Gasteiger partial charge is 0.397 e. The predicted molar refractivity (Wildman–Crippen MR) is 124 cm³/mol. The highest BCUT2D eigenvalue weighted by Gasteiger charge is 2.32. The van der Waals surface area contributed by atoms with Crippen LogP contribution < -0.4 is 10.1 Å². The van der Waals surface area contributed by atoms with Gasteiger partial charge in [0.1, 0.15) is 11.8 Å². The summed E-state index contributed by atoms with van der Waals surface area (Å²) in [5, 5.41) is 2.85. The first-order valence-electron chi connectivity index (χ1n) is 9.75. The highest BCUT2D eigenvalue weighted by atomic mass is 32.3. The van der Waals surface area contributed by atoms with Crippen molar-refractivity contribution < 1.29 is 23.9 Å². The Hall–Kier alpha value is -3.00. The van der Waals surface area contributed by atoms with Gasteiger partial charge in [0.05, 0.1) is 13.7 Å². The largest absolute Gasteiger partial charge is 0.497 e. The fourth-order valence-corrected chi connectivity index (χ4v) is 3.90. The van der Waals surface area contributed by atoms with Crippen LogP contribution in [0.2, 0.25) is 0 Å². The number of hydrogen-bond acceptors (Lipinski definition) is 5. The molecule has 2 aromatic carbocycles. The topological polar surface area (TPSA) is 84.9 Å². The number of hydrogen-bond donors (Lipinski definition) is 1. The summed E-state index contributed by atoms with van der Waals surface area (Å²) in [6.07, 6.45) is 6.57. The van der Waals surface area contributed by atoms with Gasteiger partial charge in [0.15, 0.2) is 0 Å². The Morgan fingerprint density at radius 2 is 1.58 bits per heavy atom. The molecule has 2 amide bonds. The Kier molecular flexibility index (Phi) is 8.10. The van der Waals surface area contributed by atoms with E-state index < -0.39 is 33.9 Å². The van der Waals surface area contributed by atoms with Gasteiger partial charge in [-0.2, -0.15) is 0 Å². The zero-order chi connectivity index (χ0) is 23.2. The van der Waals surface area contributed by atoms with E-state index in [1.54, 1.807) is 38.3 Å². The summed E-state index contributed by atoms with van der Waals surface area (Å²) in [6, 6.07) is 13.4. The number of esters is 1. The molecule has 0 saturated carbocycles. The summed E-state index contributed by atoms with van der Waals surface area (Å²) in [7, 11) is 2.06. The van der Waals surface area contributed by atoms with E-state index >= 15 is 0 Å². The molecule has 0 heterocycles. The van der Waals surface area contributed by atoms with Crippen LogP contribution in [0.25, 0.3) is 0 Å². The predicted octanol–water partition coefficient (Wildman–Crippen LogP) is 3.45. The Morgan fingerprint density at radius 1 is 1.00 bits per heavy atom. The van der Waals surface area contributed by atoms with E-state index in [0.29, 0.717) is 17.0 Å². The van der Waals surface area contributed by atoms with E-state index in [0.717, 1.165) is 4.90 Å². The van der Waals surface area contributed by atoms with Gasteiger partial charge in [-0.15, -0.1) is 0 Å². The number of carbonyl (C=O) groups is 3. The van der Waals surface area contributed by atoms with Crippen LogP contribution in [0.3, 0.4) is 0 Å². The van der Waals surface area contributed by atoms with Crippen molar-refractivity contribution in [3.8, 4) is 5.75 Å². The highest BCUT2D eigenvalue weighted by molar-refractivity contribution is 8.32. The second-order valence-electron chi connectivity index (χ2n) is 7.66. The van der Waals surface area contributed by atoms with Gasteiger partial charge in [0.25, 0.3) is 5.91 Å². The number of carbonyl (C=O) groups excluding carboxylic acids is 3. The standard InChI is InChI=1S/C23H30N2O5S/c1-7-30-23(28)22(27)25(2)20(16-8-12-18(29-3)13-9-16)21(26)24-17-10-14-19(15-11-17)31(4,5)6/h8-15,20H,7H2,1-6H3,(H,24,26). The minimum absolute atomic E-state index is 0.0694. The molecule has 0 aliphatic heterocycles. The molecule has 0 aliphatic rings. The van der Waals surface area contributed by atoms with Gasteiger partial charge in [0.2, 0.25) is 0 Å². The molecule has 8 heteroatoms. The maximum absolute atomic E-state index is 13.2. The van der Waals surface area contributed by atoms with Gasteiger partial charge >= 0.3 is 11.9 Å². The van der Waals surface area contributed by atoms with Crippen molar-refractivity contribution in [1.82, 2.24) is 4.90 Å². The number of anilines is 1. The lowest BCUT2D eigenvalue weighted by molar-refractivity contribution is -0.160. The van der Waals surface area contributed by atoms with Gasteiger partial charge in [-0.25, -0.2) is 14.8 Å². The molecule has 1 unspecified atom stereocenters. The molecule has 1 atom stereocenters. The molecule has 0 saturated heterocycles. The van der Waals surface area contributed by atoms with Crippen molar-refractivity contribution in [2.24, 2.45) is 0 Å². The monoisotopic (exact) mass is 446 g/mol. The Labute approximate surface area is 185 Å². The van der Waals surface area contributed by atoms with Crippen LogP contribution in [0, 0.1) is 0 Å². The third-order valence-electron chi connectivity index (χ3n) is 4.67. The molecule has 0 aliphatic carbocycles. The minimum atomic E-state index is -1.03. The van der Waals surface area contributed by atoms with E-state index in [2.05, 4.69) is 24.1 Å². The number of nitrogens with one attached hydrogen (secondary N) is 1. The molecule has 168 valence electrons. The molecule has 2 rings (SSSR count). The third-order valence-corrected chi connectivity index (χ3v) is 6.35. The van der Waals surface area contributed by atoms with E-state index in [1.165, 1.54) is 11.9 Å². The molecule has 0 aromatic heterocycles. The fraction of sp³-hybridized carbons (Fsp3) is 0.348. The molecule has 7 nitrogen and oxygen atoms in total. The highest BCUT2D eigenvalue weighted by Crippen LogP contribution is 2.45. The Balaban J connectivity index is 2.33. The van der Waals surface area contributed by atoms with Crippen molar-refractivity contribution in [1.29, 1.82) is 0 Å². The first-order valence-corrected chi connectivity index (χ1v) is 12.6. The second-order valence-corrected chi connectivity index (χ2v) is 11.8. The molecule has 0 spiro atoms. The maximum atomic E-state index is 13.2. The van der Waals surface area contributed by atoms with E-state index in [-0.39, 0.29) is 6.61 Å². The average Bonchev–Trinajstić information content (AvgIpc) is 2.73. The van der Waals surface area contributed by atoms with Crippen LogP contribution in [0.15, 0.2) is 53.4 Å². The average molecular weight is 447 g/mol. The Bertz CT molecular complexity index is 920. The maximum Gasteiger partial charge on any atom is 0.397 e. The zero-order valence-electron chi connectivity index (χ0n) is 18.8. The summed E-state index contributed by atoms with van der Waals surface area (Å²) in [5.41, 5.74) is 1.14. The quantitative estimate of drug-likeness (QED) is 0.520. The first kappa shape index (κ1) is 24.3. The number of rotatable bonds is 7. The van der Waals surface area contributed by atoms with Crippen LogP contribution in [0.1, 0.15) is 18.5 Å². The van der Waals surface area contributed by atoms with E-state index in [4.69, 9.17) is 9.47 Å². The van der Waals surface area contributed by atoms with Crippen molar-refractivity contribution in [2.75, 3.05) is 44.8 Å². The molecular formula is C23H30N2O5S. The van der Waals surface area contributed by atoms with Crippen molar-refractivity contribution >= 4 is 33.5 Å². The van der Waals surface area contributed by atoms with Crippen molar-refractivity contribution in [2.45, 2.75) is 17.9 Å². The summed E-state index contributed by atoms with van der Waals surface area (Å²) in [4.78, 5) is 40.0. The van der Waals surface area contributed by atoms with Gasteiger partial charge in [0, 0.05) is 12.7 Å². The fourth-order valence-electron chi connectivity index (χ4n) is 2.95. The SMILES string of the molecule is CCOC(=O)C(=O)N(C)C(C(=O)Nc1ccc(S(C)(C)C)cc1)c1ccc(OC)cc1. The lowest BCUT2D eigenvalue weighted by Crippen LogP contribution is -2.42. The molecule has 2 aromatic rings. The summed E-state index contributed by atoms with van der Waals surface area (Å²) >= 11 is 0. The number of methoxy groups -OCH3 is 1. The molecule has 0 bridgehead atoms. The summed E-state index contributed by atoms with van der Waals surface area (Å²) in [5.74, 6) is -1.73. The number of nitrogens with zero attached hydrogens (tertiary/aromatic N) is 1. The van der Waals surface area contributed by atoms with Gasteiger partial charge in [-0.1, -0.05) is 12.1 Å². The molecule has 0 fully saturated rings. The first-order chi connectivity index (χ1) is 14.6. The molecular weight excluding hydrogens is 416 g/mol. The van der Waals surface area contributed by atoms with E-state index in [1.807, 2.05) is 24.3 Å². The van der Waals surface area contributed by atoms with Crippen molar-refractivity contribution in [3.05, 3.63) is 54.1 Å². The van der Waals surface area contributed by atoms with Crippen LogP contribution in [0.5, 0.6) is 5.75 Å². The third kappa shape index (κ3) is 6.24. The normalized spacial score (nSPS) is 12.5. The lowest BCUT2D eigenvalue weighted by atomic mass is 10.0. The van der Waals surface area contributed by atoms with Gasteiger partial charge in [-0.05, 0) is 72.5 Å². The Morgan fingerprint density at radius 3 is 2.06 bits per heavy atom. The zero-order valence-corrected chi connectivity index (χ0v) is 19.6. The van der Waals surface area contributed by atoms with Crippen molar-refractivity contribution in [3.63, 3.8) is 0 Å². The second kappa shape index (κ2) is 10.3. The van der Waals surface area contributed by atoms with Crippen LogP contribution in [-0.2, 0) is 19.1 Å². The van der Waals surface area contributed by atoms with Gasteiger partial charge < -0.3 is 19.7 Å². The van der Waals surface area contributed by atoms with Crippen LogP contribution in [-0.4, -0.2) is 62.2 Å². The summed E-state index contributed by atoms with van der Waals surface area (Å²) in [6.45, 7) is 1.68. The lowest BCUT2D eigenvalue weighted by Gasteiger charge is -2.28. The van der Waals surface area contributed by atoms with E-state index in [9.17, 15) is 14.4 Å². The molecule has 0 radical (unpaired) electrons. The van der Waals surface area contributed by atoms with Crippen LogP contribution >= 0.6 is 10.0 Å². The number of ether oxygens (including phenoxy) is 2. The molecule has 1 N–H and O–H groups in total. The minimum Gasteiger partial charge on any atom is -0.497 e. The number of amides is 2. The van der Waals surface area contributed by atoms with Crippen LogP contribution in [0.4, 0.5) is 5.69 Å². The van der Waals surface area contributed by atoms with Gasteiger partial charge in [-0.3, -0.25) is 9.59 Å². The molecule has 31 heavy (non-hydrogen) atoms.